The number of rotatable bonds is 7. The van der Waals surface area contributed by atoms with E-state index in [9.17, 15) is 19.8 Å². The minimum absolute atomic E-state index is 0.0523. The summed E-state index contributed by atoms with van der Waals surface area (Å²) in [7, 11) is 3.98. The van der Waals surface area contributed by atoms with Gasteiger partial charge in [-0.05, 0) is 27.9 Å². The summed E-state index contributed by atoms with van der Waals surface area (Å²) in [5.41, 5.74) is -1.98. The molecule has 1 unspecified atom stereocenters. The van der Waals surface area contributed by atoms with Crippen LogP contribution in [-0.4, -0.2) is 75.8 Å². The van der Waals surface area contributed by atoms with Gasteiger partial charge in [0.05, 0.1) is 12.2 Å². The van der Waals surface area contributed by atoms with Crippen molar-refractivity contribution in [2.75, 3.05) is 27.2 Å². The van der Waals surface area contributed by atoms with E-state index >= 15 is 0 Å². The number of ether oxygens (including phenoxy) is 2. The maximum absolute atomic E-state index is 11.9. The molecule has 0 spiro atoms. The van der Waals surface area contributed by atoms with Crippen LogP contribution in [0.1, 0.15) is 33.9 Å². The van der Waals surface area contributed by atoms with Crippen LogP contribution in [0, 0.1) is 5.41 Å². The Morgan fingerprint density at radius 1 is 1.22 bits per heavy atom. The molecular formula is C18H31N3O6. The number of nitrogens with zero attached hydrogens (tertiary/aromatic N) is 2. The molecule has 0 radical (unpaired) electrons. The number of nitrogens with one attached hydrogen (secondary N) is 1. The van der Waals surface area contributed by atoms with E-state index in [1.54, 1.807) is 0 Å². The predicted molar refractivity (Wildman–Crippen MR) is 99.6 cm³/mol. The second-order valence-corrected chi connectivity index (χ2v) is 8.51. The third-order valence-corrected chi connectivity index (χ3v) is 5.41. The third-order valence-electron chi connectivity index (χ3n) is 5.41. The molecule has 2 heterocycles. The Balaban J connectivity index is 2.10. The van der Waals surface area contributed by atoms with Crippen molar-refractivity contribution in [3.05, 3.63) is 33.1 Å². The topological polar surface area (TPSA) is 117 Å². The van der Waals surface area contributed by atoms with Crippen LogP contribution in [0.15, 0.2) is 21.9 Å². The van der Waals surface area contributed by atoms with Crippen molar-refractivity contribution < 1.29 is 19.7 Å². The fourth-order valence-electron chi connectivity index (χ4n) is 3.19. The molecule has 0 aliphatic carbocycles. The largest absolute Gasteiger partial charge is 0.387 e. The predicted octanol–water partition coefficient (Wildman–Crippen LogP) is -0.461. The molecule has 1 aliphatic heterocycles. The Bertz CT molecular complexity index is 754. The van der Waals surface area contributed by atoms with Crippen molar-refractivity contribution in [3.63, 3.8) is 0 Å². The van der Waals surface area contributed by atoms with Crippen LogP contribution in [0.2, 0.25) is 0 Å². The highest BCUT2D eigenvalue weighted by Gasteiger charge is 2.46. The van der Waals surface area contributed by atoms with Crippen molar-refractivity contribution >= 4 is 0 Å². The van der Waals surface area contributed by atoms with Gasteiger partial charge >= 0.3 is 5.69 Å². The van der Waals surface area contributed by atoms with Crippen molar-refractivity contribution in [2.45, 2.75) is 57.8 Å². The third kappa shape index (κ3) is 4.67. The summed E-state index contributed by atoms with van der Waals surface area (Å²) in [6, 6.07) is 1.15. The van der Waals surface area contributed by atoms with E-state index in [1.165, 1.54) is 6.20 Å². The first-order valence-electron chi connectivity index (χ1n) is 8.97. The minimum Gasteiger partial charge on any atom is -0.387 e. The maximum atomic E-state index is 11.9. The first kappa shape index (κ1) is 21.8. The molecule has 1 aliphatic rings. The summed E-state index contributed by atoms with van der Waals surface area (Å²) in [6.45, 7) is 8.98. The summed E-state index contributed by atoms with van der Waals surface area (Å²) in [5, 5.41) is 20.6. The van der Waals surface area contributed by atoms with E-state index in [-0.39, 0.29) is 12.0 Å². The summed E-state index contributed by atoms with van der Waals surface area (Å²) in [5.74, 6) is 0. The number of aromatic nitrogens is 2. The smallest absolute Gasteiger partial charge is 0.330 e. The summed E-state index contributed by atoms with van der Waals surface area (Å²) >= 11 is 0. The van der Waals surface area contributed by atoms with Crippen LogP contribution in [0.25, 0.3) is 0 Å². The molecule has 0 amide bonds. The van der Waals surface area contributed by atoms with Gasteiger partial charge in [-0.2, -0.15) is 0 Å². The van der Waals surface area contributed by atoms with E-state index in [2.05, 4.69) is 23.7 Å². The first-order chi connectivity index (χ1) is 12.4. The molecule has 2 rings (SSSR count). The fraction of sp³-hybridized carbons (Fsp3) is 0.778. The molecule has 1 saturated heterocycles. The molecule has 154 valence electrons. The van der Waals surface area contributed by atoms with Gasteiger partial charge in [0.25, 0.3) is 5.56 Å². The van der Waals surface area contributed by atoms with E-state index in [0.717, 1.165) is 17.2 Å². The number of aromatic amines is 1. The zero-order chi connectivity index (χ0) is 20.6. The number of aliphatic hydroxyl groups is 2. The van der Waals surface area contributed by atoms with Crippen molar-refractivity contribution in [3.8, 4) is 0 Å². The van der Waals surface area contributed by atoms with Crippen LogP contribution in [0.4, 0.5) is 0 Å². The summed E-state index contributed by atoms with van der Waals surface area (Å²) < 4.78 is 12.8. The molecule has 27 heavy (non-hydrogen) atoms. The standard InChI is InChI=1S/C18H31N3O6/c1-17(2,10-20(5)6)18(3,4)26-9-11-13(23)14(24)15(27-11)21-8-7-12(22)19-16(21)25/h7-8,11,13-15,23-24H,9-10H2,1-6H3,(H,19,22,25)/t11-,13?,14+,15-/m1/s1. The Labute approximate surface area is 158 Å². The van der Waals surface area contributed by atoms with Crippen molar-refractivity contribution in [1.82, 2.24) is 14.5 Å². The molecule has 4 atom stereocenters. The quantitative estimate of drug-likeness (QED) is 0.581. The lowest BCUT2D eigenvalue weighted by Crippen LogP contribution is -2.49. The fourth-order valence-corrected chi connectivity index (χ4v) is 3.19. The van der Waals surface area contributed by atoms with E-state index in [0.29, 0.717) is 0 Å². The van der Waals surface area contributed by atoms with Gasteiger partial charge in [-0.3, -0.25) is 14.3 Å². The van der Waals surface area contributed by atoms with Crippen LogP contribution >= 0.6 is 0 Å². The SMILES string of the molecule is CN(C)CC(C)(C)C(C)(C)OC[C@H]1O[C@@H](n2ccc(=O)[nH]c2=O)[C@@H](O)C1O. The van der Waals surface area contributed by atoms with E-state index in [4.69, 9.17) is 9.47 Å². The molecule has 0 saturated carbocycles. The number of hydrogen-bond acceptors (Lipinski definition) is 7. The molecule has 1 aromatic heterocycles. The lowest BCUT2D eigenvalue weighted by atomic mass is 9.76. The molecule has 1 fully saturated rings. The van der Waals surface area contributed by atoms with Gasteiger partial charge < -0.3 is 24.6 Å². The zero-order valence-corrected chi connectivity index (χ0v) is 16.8. The average molecular weight is 385 g/mol. The lowest BCUT2D eigenvalue weighted by molar-refractivity contribution is -0.147. The van der Waals surface area contributed by atoms with Gasteiger partial charge in [0.15, 0.2) is 6.23 Å². The molecular weight excluding hydrogens is 354 g/mol. The Morgan fingerprint density at radius 3 is 2.41 bits per heavy atom. The lowest BCUT2D eigenvalue weighted by Gasteiger charge is -2.43. The van der Waals surface area contributed by atoms with Crippen LogP contribution < -0.4 is 11.2 Å². The Hall–Kier alpha value is -1.52. The van der Waals surface area contributed by atoms with Gasteiger partial charge in [0, 0.05) is 24.2 Å². The van der Waals surface area contributed by atoms with Crippen molar-refractivity contribution in [1.29, 1.82) is 0 Å². The molecule has 0 aromatic carbocycles. The normalized spacial score (nSPS) is 26.7. The summed E-state index contributed by atoms with van der Waals surface area (Å²) in [6.07, 6.45) is -3.22. The second-order valence-electron chi connectivity index (χ2n) is 8.51. The molecule has 0 bridgehead atoms. The number of aliphatic hydroxyl groups excluding tert-OH is 2. The second kappa shape index (κ2) is 7.84. The van der Waals surface area contributed by atoms with Crippen LogP contribution in [0.3, 0.4) is 0 Å². The summed E-state index contributed by atoms with van der Waals surface area (Å²) in [4.78, 5) is 27.3. The first-order valence-corrected chi connectivity index (χ1v) is 8.97. The van der Waals surface area contributed by atoms with E-state index < -0.39 is 41.4 Å². The molecule has 3 N–H and O–H groups in total. The molecule has 9 nitrogen and oxygen atoms in total. The molecule has 1 aromatic rings. The van der Waals surface area contributed by atoms with Crippen LogP contribution in [0.5, 0.6) is 0 Å². The van der Waals surface area contributed by atoms with E-state index in [1.807, 2.05) is 27.9 Å². The van der Waals surface area contributed by atoms with Crippen molar-refractivity contribution in [2.24, 2.45) is 5.41 Å². The zero-order valence-electron chi connectivity index (χ0n) is 16.8. The highest BCUT2D eigenvalue weighted by molar-refractivity contribution is 4.95. The highest BCUT2D eigenvalue weighted by Crippen LogP contribution is 2.36. The van der Waals surface area contributed by atoms with Gasteiger partial charge in [0.1, 0.15) is 18.3 Å². The molecule has 9 heteroatoms. The monoisotopic (exact) mass is 385 g/mol. The van der Waals surface area contributed by atoms with Crippen LogP contribution in [-0.2, 0) is 9.47 Å². The number of H-pyrrole nitrogens is 1. The highest BCUT2D eigenvalue weighted by atomic mass is 16.6. The Kier molecular flexibility index (Phi) is 6.33. The van der Waals surface area contributed by atoms with Gasteiger partial charge in [0.2, 0.25) is 0 Å². The Morgan fingerprint density at radius 2 is 1.85 bits per heavy atom. The van der Waals surface area contributed by atoms with Gasteiger partial charge in [-0.1, -0.05) is 13.8 Å². The maximum Gasteiger partial charge on any atom is 0.330 e. The van der Waals surface area contributed by atoms with Gasteiger partial charge in [-0.15, -0.1) is 0 Å². The average Bonchev–Trinajstić information content (AvgIpc) is 2.80. The number of hydrogen-bond donors (Lipinski definition) is 3. The minimum atomic E-state index is -1.32. The van der Waals surface area contributed by atoms with Gasteiger partial charge in [-0.25, -0.2) is 4.79 Å².